The predicted molar refractivity (Wildman–Crippen MR) is 128 cm³/mol. The summed E-state index contributed by atoms with van der Waals surface area (Å²) in [6.45, 7) is 7.71. The lowest BCUT2D eigenvalue weighted by Gasteiger charge is -2.37. The number of piperazine rings is 1. The first kappa shape index (κ1) is 22.9. The zero-order valence-corrected chi connectivity index (χ0v) is 19.1. The molecule has 0 unspecified atom stereocenters. The Balaban J connectivity index is 1.43. The second-order valence-electron chi connectivity index (χ2n) is 8.87. The van der Waals surface area contributed by atoms with E-state index in [1.807, 2.05) is 61.5 Å². The molecule has 0 spiro atoms. The molecule has 8 nitrogen and oxygen atoms in total. The first-order chi connectivity index (χ1) is 15.9. The lowest BCUT2D eigenvalue weighted by molar-refractivity contribution is -0.144. The summed E-state index contributed by atoms with van der Waals surface area (Å²) in [6, 6.07) is 8.93. The highest BCUT2D eigenvalue weighted by atomic mass is 16.4. The number of fused-ring (bicyclic) bond motifs is 1. The number of carboxylic acid groups (broad SMARTS) is 1. The molecule has 0 bridgehead atoms. The van der Waals surface area contributed by atoms with Gasteiger partial charge in [-0.3, -0.25) is 19.5 Å². The third-order valence-corrected chi connectivity index (χ3v) is 6.27. The van der Waals surface area contributed by atoms with Gasteiger partial charge in [0.1, 0.15) is 6.04 Å². The van der Waals surface area contributed by atoms with Crippen molar-refractivity contribution in [3.63, 3.8) is 0 Å². The standard InChI is InChI=1S/C25H31N5O3/c1-17(2)24(31)28-19-3-4-20-21(16-27-22(20)15-19)23(25(32)33)30-13-11-29(12-14-30)10-7-18-5-8-26-9-6-18/h3-6,8-9,15-17,23,27H,7,10-14H2,1-2H3,(H,28,31)(H,32,33)/t23-/m0/s1. The number of hydrogen-bond acceptors (Lipinski definition) is 5. The summed E-state index contributed by atoms with van der Waals surface area (Å²) in [7, 11) is 0. The van der Waals surface area contributed by atoms with Gasteiger partial charge in [0, 0.05) is 79.4 Å². The Bertz CT molecular complexity index is 1100. The van der Waals surface area contributed by atoms with Crippen molar-refractivity contribution in [2.45, 2.75) is 26.3 Å². The van der Waals surface area contributed by atoms with Crippen LogP contribution in [0.4, 0.5) is 5.69 Å². The molecule has 1 aliphatic heterocycles. The highest BCUT2D eigenvalue weighted by Crippen LogP contribution is 2.31. The first-order valence-electron chi connectivity index (χ1n) is 11.4. The number of hydrogen-bond donors (Lipinski definition) is 3. The van der Waals surface area contributed by atoms with E-state index >= 15 is 0 Å². The molecule has 1 aromatic carbocycles. The number of nitrogens with one attached hydrogen (secondary N) is 2. The minimum absolute atomic E-state index is 0.0497. The number of aromatic amines is 1. The van der Waals surface area contributed by atoms with E-state index in [2.05, 4.69) is 20.2 Å². The third kappa shape index (κ3) is 5.40. The van der Waals surface area contributed by atoms with Gasteiger partial charge in [-0.1, -0.05) is 19.9 Å². The van der Waals surface area contributed by atoms with E-state index in [1.54, 1.807) is 6.20 Å². The molecule has 2 aromatic heterocycles. The van der Waals surface area contributed by atoms with Crippen LogP contribution in [0.3, 0.4) is 0 Å². The topological polar surface area (TPSA) is 102 Å². The van der Waals surface area contributed by atoms with Crippen molar-refractivity contribution in [2.75, 3.05) is 38.0 Å². The van der Waals surface area contributed by atoms with Crippen molar-refractivity contribution < 1.29 is 14.7 Å². The molecule has 0 aliphatic carbocycles. The van der Waals surface area contributed by atoms with Crippen LogP contribution in [0.5, 0.6) is 0 Å². The first-order valence-corrected chi connectivity index (χ1v) is 11.4. The number of anilines is 1. The second kappa shape index (κ2) is 10.1. The molecular formula is C25H31N5O3. The van der Waals surface area contributed by atoms with Gasteiger partial charge in [0.2, 0.25) is 5.91 Å². The molecular weight excluding hydrogens is 418 g/mol. The molecule has 4 rings (SSSR count). The van der Waals surface area contributed by atoms with Crippen LogP contribution in [0.15, 0.2) is 48.9 Å². The molecule has 3 aromatic rings. The summed E-state index contributed by atoms with van der Waals surface area (Å²) < 4.78 is 0. The molecule has 3 N–H and O–H groups in total. The van der Waals surface area contributed by atoms with E-state index in [1.165, 1.54) is 5.56 Å². The van der Waals surface area contributed by atoms with Crippen LogP contribution in [0.1, 0.15) is 31.0 Å². The Morgan fingerprint density at radius 3 is 2.52 bits per heavy atom. The largest absolute Gasteiger partial charge is 0.480 e. The second-order valence-corrected chi connectivity index (χ2v) is 8.87. The average molecular weight is 450 g/mol. The maximum absolute atomic E-state index is 12.3. The van der Waals surface area contributed by atoms with Gasteiger partial charge < -0.3 is 20.3 Å². The molecule has 1 atom stereocenters. The van der Waals surface area contributed by atoms with Crippen molar-refractivity contribution in [1.82, 2.24) is 19.8 Å². The predicted octanol–water partition coefficient (Wildman–Crippen LogP) is 3.14. The van der Waals surface area contributed by atoms with Crippen molar-refractivity contribution in [3.05, 3.63) is 60.0 Å². The van der Waals surface area contributed by atoms with Crippen LogP contribution >= 0.6 is 0 Å². The van der Waals surface area contributed by atoms with Crippen LogP contribution in [-0.2, 0) is 16.0 Å². The lowest BCUT2D eigenvalue weighted by atomic mass is 10.0. The van der Waals surface area contributed by atoms with Crippen LogP contribution in [0.25, 0.3) is 10.9 Å². The Morgan fingerprint density at radius 2 is 1.85 bits per heavy atom. The summed E-state index contributed by atoms with van der Waals surface area (Å²) >= 11 is 0. The molecule has 174 valence electrons. The van der Waals surface area contributed by atoms with Gasteiger partial charge in [-0.15, -0.1) is 0 Å². The Kier molecular flexibility index (Phi) is 7.05. The number of amides is 1. The van der Waals surface area contributed by atoms with Gasteiger partial charge in [-0.2, -0.15) is 0 Å². The number of carbonyl (C=O) groups excluding carboxylic acids is 1. The Labute approximate surface area is 193 Å². The molecule has 8 heteroatoms. The van der Waals surface area contributed by atoms with Crippen LogP contribution < -0.4 is 5.32 Å². The number of aliphatic carboxylic acids is 1. The highest BCUT2D eigenvalue weighted by Gasteiger charge is 2.32. The van der Waals surface area contributed by atoms with Crippen molar-refractivity contribution in [3.8, 4) is 0 Å². The Morgan fingerprint density at radius 1 is 1.12 bits per heavy atom. The molecule has 0 radical (unpaired) electrons. The maximum Gasteiger partial charge on any atom is 0.325 e. The van der Waals surface area contributed by atoms with Crippen LogP contribution in [-0.4, -0.2) is 69.5 Å². The number of aromatic nitrogens is 2. The summed E-state index contributed by atoms with van der Waals surface area (Å²) in [4.78, 5) is 36.0. The molecule has 1 amide bonds. The van der Waals surface area contributed by atoms with Gasteiger partial charge in [0.25, 0.3) is 0 Å². The third-order valence-electron chi connectivity index (χ3n) is 6.27. The lowest BCUT2D eigenvalue weighted by Crippen LogP contribution is -2.49. The molecule has 1 fully saturated rings. The highest BCUT2D eigenvalue weighted by molar-refractivity contribution is 5.96. The summed E-state index contributed by atoms with van der Waals surface area (Å²) in [6.07, 6.45) is 6.37. The van der Waals surface area contributed by atoms with Gasteiger partial charge in [-0.25, -0.2) is 0 Å². The Hall–Kier alpha value is -3.23. The zero-order valence-electron chi connectivity index (χ0n) is 19.1. The number of pyridine rings is 1. The fourth-order valence-electron chi connectivity index (χ4n) is 4.31. The van der Waals surface area contributed by atoms with E-state index < -0.39 is 12.0 Å². The normalized spacial score (nSPS) is 16.2. The SMILES string of the molecule is CC(C)C(=O)Nc1ccc2c([C@@H](C(=O)O)N3CCN(CCc4ccncc4)CC3)c[nH]c2c1. The minimum Gasteiger partial charge on any atom is -0.480 e. The van der Waals surface area contributed by atoms with Gasteiger partial charge in [0.05, 0.1) is 0 Å². The van der Waals surface area contributed by atoms with E-state index in [4.69, 9.17) is 0 Å². The molecule has 3 heterocycles. The van der Waals surface area contributed by atoms with Gasteiger partial charge >= 0.3 is 5.97 Å². The number of carbonyl (C=O) groups is 2. The number of benzene rings is 1. The van der Waals surface area contributed by atoms with Gasteiger partial charge in [-0.05, 0) is 36.2 Å². The van der Waals surface area contributed by atoms with E-state index in [0.717, 1.165) is 42.5 Å². The number of nitrogens with zero attached hydrogens (tertiary/aromatic N) is 3. The number of carboxylic acids is 1. The van der Waals surface area contributed by atoms with Crippen molar-refractivity contribution in [1.29, 1.82) is 0 Å². The molecule has 1 aliphatic rings. The quantitative estimate of drug-likeness (QED) is 0.488. The molecule has 33 heavy (non-hydrogen) atoms. The van der Waals surface area contributed by atoms with E-state index in [0.29, 0.717) is 18.8 Å². The number of rotatable bonds is 8. The summed E-state index contributed by atoms with van der Waals surface area (Å²) in [5, 5.41) is 13.8. The zero-order chi connectivity index (χ0) is 23.4. The molecule has 0 saturated carbocycles. The fourth-order valence-corrected chi connectivity index (χ4v) is 4.31. The average Bonchev–Trinajstić information content (AvgIpc) is 3.22. The smallest absolute Gasteiger partial charge is 0.325 e. The number of H-pyrrole nitrogens is 1. The summed E-state index contributed by atoms with van der Waals surface area (Å²) in [5.41, 5.74) is 3.53. The van der Waals surface area contributed by atoms with Crippen molar-refractivity contribution in [2.24, 2.45) is 5.92 Å². The minimum atomic E-state index is -0.849. The fraction of sp³-hybridized carbons (Fsp3) is 0.400. The summed E-state index contributed by atoms with van der Waals surface area (Å²) in [5.74, 6) is -1.01. The van der Waals surface area contributed by atoms with E-state index in [9.17, 15) is 14.7 Å². The van der Waals surface area contributed by atoms with Crippen molar-refractivity contribution >= 4 is 28.5 Å². The van der Waals surface area contributed by atoms with Crippen LogP contribution in [0, 0.1) is 5.92 Å². The van der Waals surface area contributed by atoms with E-state index in [-0.39, 0.29) is 11.8 Å². The monoisotopic (exact) mass is 449 g/mol. The molecule has 1 saturated heterocycles. The van der Waals surface area contributed by atoms with Gasteiger partial charge in [0.15, 0.2) is 0 Å². The maximum atomic E-state index is 12.3. The van der Waals surface area contributed by atoms with Crippen LogP contribution in [0.2, 0.25) is 0 Å².